The highest BCUT2D eigenvalue weighted by atomic mass is 16.8. The van der Waals surface area contributed by atoms with E-state index in [4.69, 9.17) is 42.6 Å². The van der Waals surface area contributed by atoms with Crippen molar-refractivity contribution in [2.75, 3.05) is 21.3 Å². The van der Waals surface area contributed by atoms with Gasteiger partial charge in [0.1, 0.15) is 51.3 Å². The number of rotatable bonds is 13. The summed E-state index contributed by atoms with van der Waals surface area (Å²) in [5, 5.41) is 0. The van der Waals surface area contributed by atoms with E-state index < -0.39 is 36.9 Å². The smallest absolute Gasteiger partial charge is 0.437 e. The van der Waals surface area contributed by atoms with Gasteiger partial charge in [-0.25, -0.2) is 28.8 Å². The number of carbonyl (C=O) groups is 6. The third-order valence-corrected chi connectivity index (χ3v) is 19.9. The topological polar surface area (TPSA) is 213 Å². The Bertz CT molecular complexity index is 2910. The molecular weight excluding hydrogens is 1140 g/mol. The number of ether oxygens (including phenoxy) is 12. The van der Waals surface area contributed by atoms with Crippen molar-refractivity contribution in [3.63, 3.8) is 0 Å². The molecule has 0 unspecified atom stereocenters. The Labute approximate surface area is 522 Å². The Kier molecular flexibility index (Phi) is 20.7. The number of benzene rings is 4. The van der Waals surface area contributed by atoms with Crippen LogP contribution in [0, 0.1) is 53.3 Å². The zero-order chi connectivity index (χ0) is 62.9. The van der Waals surface area contributed by atoms with Gasteiger partial charge in [0.15, 0.2) is 0 Å². The second-order valence-electron chi connectivity index (χ2n) is 26.7. The van der Waals surface area contributed by atoms with Crippen molar-refractivity contribution in [1.29, 1.82) is 0 Å². The van der Waals surface area contributed by atoms with E-state index in [9.17, 15) is 28.8 Å². The van der Waals surface area contributed by atoms with Crippen molar-refractivity contribution in [1.82, 2.24) is 0 Å². The summed E-state index contributed by atoms with van der Waals surface area (Å²) in [5.74, 6) is 8.67. The third-order valence-electron chi connectivity index (χ3n) is 19.9. The molecule has 12 bridgehead atoms. The minimum Gasteiger partial charge on any atom is -0.437 e. The van der Waals surface area contributed by atoms with Crippen molar-refractivity contribution in [3.05, 3.63) is 107 Å². The molecule has 0 N–H and O–H groups in total. The average molecular weight is 1230 g/mol. The second kappa shape index (κ2) is 28.5. The molecule has 0 radical (unpaired) electrons. The number of carbonyl (C=O) groups excluding carboxylic acids is 6. The Morgan fingerprint density at radius 3 is 0.708 bits per heavy atom. The molecule has 12 fully saturated rings. The minimum atomic E-state index is -0.840. The molecule has 18 nitrogen and oxygen atoms in total. The minimum absolute atomic E-state index is 0.227. The van der Waals surface area contributed by atoms with Gasteiger partial charge in [0, 0.05) is 12.1 Å². The van der Waals surface area contributed by atoms with Crippen molar-refractivity contribution in [2.24, 2.45) is 53.3 Å². The Morgan fingerprint density at radius 2 is 0.494 bits per heavy atom. The molecule has 0 aliphatic heterocycles. The van der Waals surface area contributed by atoms with E-state index in [0.29, 0.717) is 64.9 Å². The lowest BCUT2D eigenvalue weighted by atomic mass is 9.54. The molecule has 4 aromatic rings. The molecule has 12 saturated carbocycles. The molecule has 0 saturated heterocycles. The summed E-state index contributed by atoms with van der Waals surface area (Å²) in [6, 6.07) is 24.9. The Hall–Kier alpha value is -7.50. The molecule has 0 spiro atoms. The summed E-state index contributed by atoms with van der Waals surface area (Å²) < 4.78 is 62.2. The van der Waals surface area contributed by atoms with Crippen LogP contribution in [0.1, 0.15) is 166 Å². The van der Waals surface area contributed by atoms with Crippen LogP contribution in [0.5, 0.6) is 34.5 Å². The zero-order valence-corrected chi connectivity index (χ0v) is 52.7. The largest absolute Gasteiger partial charge is 0.514 e. The molecule has 0 heterocycles. The summed E-state index contributed by atoms with van der Waals surface area (Å²) in [7, 11) is 3.69. The van der Waals surface area contributed by atoms with Gasteiger partial charge in [0.05, 0.1) is 21.3 Å². The highest BCUT2D eigenvalue weighted by Gasteiger charge is 2.56. The van der Waals surface area contributed by atoms with E-state index in [1.807, 2.05) is 62.4 Å². The molecule has 0 amide bonds. The number of hydrogen-bond acceptors (Lipinski definition) is 18. The van der Waals surface area contributed by atoms with E-state index in [0.717, 1.165) is 106 Å². The first-order valence-corrected chi connectivity index (χ1v) is 32.3. The van der Waals surface area contributed by atoms with Gasteiger partial charge in [-0.2, -0.15) is 0 Å². The fraction of sp³-hybridized carbons (Fsp3) is 0.577. The van der Waals surface area contributed by atoms with Crippen molar-refractivity contribution < 1.29 is 85.6 Å². The normalized spacial score (nSPS) is 28.7. The van der Waals surface area contributed by atoms with Crippen LogP contribution in [-0.4, -0.2) is 75.1 Å². The standard InChI is InChI=1S/C30H38O6.C19H24O3.C12H14O6.C10H12O3/c1-2-18-9-25(33-27(31)35-29-12-19-3-20(13-29)5-21(4-19)14-29)11-26(10-18)34-28(32)36-30-15-22-6-23(16-30)8-24(7-22)17-30;1-2-13-3-5-17(6-4-13)21-18(20)22-19-10-14-7-15(11-19)9-16(8-14)12-19;1-4-8-5-9(17-11(13)15-2)7-10(6-8)18-12(14)16-3;1-3-8-4-6-9(7-5-8)13-10(11)12-2/h9-11,19-24H,2-8,12-17H2,1H3;3-6,14-16H,2,7-12H2,1H3;5-7H,4H2,1-3H3;4-7H,3H2,1-2H3. The first-order valence-electron chi connectivity index (χ1n) is 32.3. The van der Waals surface area contributed by atoms with E-state index in [-0.39, 0.29) is 28.3 Å². The van der Waals surface area contributed by atoms with Gasteiger partial charge in [0.25, 0.3) is 0 Å². The maximum Gasteiger partial charge on any atom is 0.514 e. The van der Waals surface area contributed by atoms with E-state index in [2.05, 4.69) is 28.1 Å². The van der Waals surface area contributed by atoms with E-state index >= 15 is 0 Å². The Morgan fingerprint density at radius 1 is 0.292 bits per heavy atom. The summed E-state index contributed by atoms with van der Waals surface area (Å²) >= 11 is 0. The van der Waals surface area contributed by atoms with Crippen LogP contribution in [-0.2, 0) is 54.1 Å². The van der Waals surface area contributed by atoms with Gasteiger partial charge >= 0.3 is 36.9 Å². The monoisotopic (exact) mass is 1230 g/mol. The first-order chi connectivity index (χ1) is 42.8. The molecule has 0 aromatic heterocycles. The molecule has 4 aromatic carbocycles. The SMILES string of the molecule is CCc1cc(OC(=O)OC)cc(OC(=O)OC)c1.CCc1cc(OC(=O)OC23CC4CC(CC(C4)C2)C3)cc(OC(=O)OC23CC4CC(CC(C4)C2)C3)c1.CCc1ccc(OC(=O)OC)cc1.CCc1ccc(OC(=O)OC23CC4CC(CC(C4)C2)C3)cc1. The molecule has 18 heteroatoms. The van der Waals surface area contributed by atoms with Crippen LogP contribution in [0.2, 0.25) is 0 Å². The molecule has 480 valence electrons. The summed E-state index contributed by atoms with van der Waals surface area (Å²) in [6.45, 7) is 8.11. The zero-order valence-electron chi connectivity index (χ0n) is 52.7. The highest BCUT2D eigenvalue weighted by Crippen LogP contribution is 2.60. The highest BCUT2D eigenvalue weighted by molar-refractivity contribution is 5.68. The number of methoxy groups -OCH3 is 3. The number of aryl methyl sites for hydroxylation is 4. The van der Waals surface area contributed by atoms with Gasteiger partial charge in [-0.1, -0.05) is 52.0 Å². The lowest BCUT2D eigenvalue weighted by Crippen LogP contribution is -2.53. The van der Waals surface area contributed by atoms with Crippen LogP contribution in [0.4, 0.5) is 28.8 Å². The van der Waals surface area contributed by atoms with Crippen molar-refractivity contribution in [2.45, 2.75) is 186 Å². The quantitative estimate of drug-likeness (QED) is 0.0691. The molecule has 89 heavy (non-hydrogen) atoms. The average Bonchev–Trinajstić information content (AvgIpc) is 2.05. The fourth-order valence-corrected chi connectivity index (χ4v) is 17.3. The van der Waals surface area contributed by atoms with Crippen molar-refractivity contribution >= 4 is 36.9 Å². The van der Waals surface area contributed by atoms with Gasteiger partial charge in [0.2, 0.25) is 0 Å². The van der Waals surface area contributed by atoms with Crippen molar-refractivity contribution in [3.8, 4) is 34.5 Å². The number of hydrogen-bond donors (Lipinski definition) is 0. The Balaban J connectivity index is 0.000000142. The summed E-state index contributed by atoms with van der Waals surface area (Å²) in [4.78, 5) is 70.6. The fourth-order valence-electron chi connectivity index (χ4n) is 17.3. The lowest BCUT2D eigenvalue weighted by molar-refractivity contribution is -0.136. The summed E-state index contributed by atoms with van der Waals surface area (Å²) in [6.07, 6.45) is 19.9. The van der Waals surface area contributed by atoms with Crippen LogP contribution >= 0.6 is 0 Å². The predicted octanol–water partition coefficient (Wildman–Crippen LogP) is 16.9. The maximum atomic E-state index is 12.9. The van der Waals surface area contributed by atoms with Crippen LogP contribution in [0.15, 0.2) is 84.9 Å². The van der Waals surface area contributed by atoms with Crippen LogP contribution in [0.25, 0.3) is 0 Å². The molecule has 16 rings (SSSR count). The molecular formula is C71H88O18. The first kappa shape index (κ1) is 64.5. The molecule has 12 aliphatic carbocycles. The lowest BCUT2D eigenvalue weighted by Gasteiger charge is -2.55. The van der Waals surface area contributed by atoms with Gasteiger partial charge in [-0.15, -0.1) is 0 Å². The predicted molar refractivity (Wildman–Crippen MR) is 326 cm³/mol. The molecule has 12 aliphatic rings. The van der Waals surface area contributed by atoms with E-state index in [1.54, 1.807) is 30.3 Å². The van der Waals surface area contributed by atoms with Gasteiger partial charge in [-0.05, 0) is 265 Å². The second-order valence-corrected chi connectivity index (χ2v) is 26.7. The van der Waals surface area contributed by atoms with E-state index in [1.165, 1.54) is 96.3 Å². The molecule has 0 atom stereocenters. The van der Waals surface area contributed by atoms with Gasteiger partial charge < -0.3 is 56.8 Å². The third kappa shape index (κ3) is 17.1. The van der Waals surface area contributed by atoms with Crippen LogP contribution in [0.3, 0.4) is 0 Å². The summed E-state index contributed by atoms with van der Waals surface area (Å²) in [5.41, 5.74) is 3.28. The van der Waals surface area contributed by atoms with Crippen LogP contribution < -0.4 is 28.4 Å². The van der Waals surface area contributed by atoms with Gasteiger partial charge in [-0.3, -0.25) is 0 Å². The maximum absolute atomic E-state index is 12.9.